The Morgan fingerprint density at radius 2 is 0.857 bits per heavy atom. The second kappa shape index (κ2) is 12.0. The van der Waals surface area contributed by atoms with E-state index in [1.54, 1.807) is 0 Å². The van der Waals surface area contributed by atoms with Crippen LogP contribution < -0.4 is 9.80 Å². The molecule has 0 radical (unpaired) electrons. The van der Waals surface area contributed by atoms with E-state index in [0.717, 1.165) is 46.0 Å². The van der Waals surface area contributed by atoms with Crippen LogP contribution in [0, 0.1) is 0 Å². The molecule has 3 aromatic carbocycles. The summed E-state index contributed by atoms with van der Waals surface area (Å²) in [7, 11) is 0. The van der Waals surface area contributed by atoms with Gasteiger partial charge in [0.2, 0.25) is 0 Å². The molecule has 3 aliphatic heterocycles. The van der Waals surface area contributed by atoms with Crippen molar-refractivity contribution in [2.24, 2.45) is 0 Å². The molecule has 0 bridgehead atoms. The molecule has 3 saturated heterocycles. The van der Waals surface area contributed by atoms with Crippen molar-refractivity contribution in [2.45, 2.75) is 76.6 Å². The summed E-state index contributed by atoms with van der Waals surface area (Å²) in [6, 6.07) is 27.6. The molecule has 3 atom stereocenters. The van der Waals surface area contributed by atoms with Crippen LogP contribution in [0.2, 0.25) is 0 Å². The lowest BCUT2D eigenvalue weighted by atomic mass is 9.74. The van der Waals surface area contributed by atoms with Gasteiger partial charge in [-0.05, 0) is 52.9 Å². The zero-order valence-electron chi connectivity index (χ0n) is 26.1. The quantitative estimate of drug-likeness (QED) is 0.186. The largest absolute Gasteiger partial charge is 0.371 e. The molecule has 5 nitrogen and oxygen atoms in total. The molecule has 0 spiro atoms. The highest BCUT2D eigenvalue weighted by Crippen LogP contribution is 2.37. The minimum Gasteiger partial charge on any atom is -0.371 e. The van der Waals surface area contributed by atoms with E-state index >= 15 is 0 Å². The highest BCUT2D eigenvalue weighted by molar-refractivity contribution is 5.53. The lowest BCUT2D eigenvalue weighted by molar-refractivity contribution is 0.389. The van der Waals surface area contributed by atoms with Gasteiger partial charge < -0.3 is 24.0 Å². The summed E-state index contributed by atoms with van der Waals surface area (Å²) in [5.74, 6) is 0. The van der Waals surface area contributed by atoms with Crippen molar-refractivity contribution >= 4 is 11.4 Å². The van der Waals surface area contributed by atoms with Gasteiger partial charge in [-0.1, -0.05) is 89.6 Å². The van der Waals surface area contributed by atoms with E-state index in [1.165, 1.54) is 46.5 Å². The van der Waals surface area contributed by atoms with Crippen LogP contribution >= 0.6 is 0 Å². The zero-order valence-corrected chi connectivity index (χ0v) is 26.1. The fourth-order valence-electron chi connectivity index (χ4n) is 6.03. The van der Waals surface area contributed by atoms with E-state index in [-0.39, 0.29) is 10.8 Å². The summed E-state index contributed by atoms with van der Waals surface area (Å²) in [4.78, 5) is 4.90. The van der Waals surface area contributed by atoms with Crippen LogP contribution in [0.1, 0.15) is 69.7 Å². The first-order valence-electron chi connectivity index (χ1n) is 15.9. The Labute approximate surface area is 252 Å². The van der Waals surface area contributed by atoms with Gasteiger partial charge in [0.15, 0.2) is 0 Å². The van der Waals surface area contributed by atoms with Crippen molar-refractivity contribution in [3.05, 3.63) is 95.1 Å². The highest BCUT2D eigenvalue weighted by atomic mass is 16.6. The lowest BCUT2D eigenvalue weighted by Crippen LogP contribution is -2.31. The summed E-state index contributed by atoms with van der Waals surface area (Å²) in [5, 5.41) is 0. The van der Waals surface area contributed by atoms with Crippen molar-refractivity contribution in [1.82, 2.24) is 0 Å². The topological polar surface area (TPSA) is 44.1 Å². The third-order valence-electron chi connectivity index (χ3n) is 9.50. The number of ether oxygens (including phenoxy) is 3. The minimum atomic E-state index is -0.0971. The fraction of sp³-hybridized carbons (Fsp3) is 0.514. The van der Waals surface area contributed by atoms with Crippen molar-refractivity contribution in [2.75, 3.05) is 55.8 Å². The Kier molecular flexibility index (Phi) is 8.37. The van der Waals surface area contributed by atoms with Crippen molar-refractivity contribution in [3.8, 4) is 0 Å². The van der Waals surface area contributed by atoms with Gasteiger partial charge in [0.1, 0.15) is 0 Å². The van der Waals surface area contributed by atoms with Gasteiger partial charge in [-0.3, -0.25) is 0 Å². The zero-order chi connectivity index (χ0) is 29.3. The number of nitrogens with zero attached hydrogens (tertiary/aromatic N) is 2. The molecule has 6 rings (SSSR count). The molecule has 0 N–H and O–H groups in total. The fourth-order valence-corrected chi connectivity index (χ4v) is 6.03. The Hall–Kier alpha value is -2.86. The number of rotatable bonds is 15. The normalized spacial score (nSPS) is 21.2. The van der Waals surface area contributed by atoms with Gasteiger partial charge in [-0.25, -0.2) is 0 Å². The van der Waals surface area contributed by atoms with Crippen molar-refractivity contribution in [1.29, 1.82) is 0 Å². The molecular weight excluding hydrogens is 520 g/mol. The molecule has 224 valence electrons. The minimum absolute atomic E-state index is 0.0866. The first kappa shape index (κ1) is 29.2. The first-order valence-corrected chi connectivity index (χ1v) is 15.9. The van der Waals surface area contributed by atoms with E-state index in [1.807, 2.05) is 0 Å². The number of benzene rings is 3. The summed E-state index contributed by atoms with van der Waals surface area (Å²) >= 11 is 0. The SMILES string of the molecule is CCCCN(CC1CO1)c1ccc(C(C)(C)c2ccc(C(C)(C)c3ccc(N(CC4CO4)CC4CO4)cc3)cc2)cc1. The number of epoxide rings is 3. The van der Waals surface area contributed by atoms with Crippen LogP contribution in [-0.4, -0.2) is 64.3 Å². The molecule has 3 aliphatic rings. The smallest absolute Gasteiger partial charge is 0.0984 e. The predicted molar refractivity (Wildman–Crippen MR) is 172 cm³/mol. The Morgan fingerprint density at radius 1 is 0.548 bits per heavy atom. The molecule has 42 heavy (non-hydrogen) atoms. The van der Waals surface area contributed by atoms with Gasteiger partial charge >= 0.3 is 0 Å². The first-order chi connectivity index (χ1) is 20.2. The third kappa shape index (κ3) is 6.85. The molecule has 0 amide bonds. The molecular formula is C37H48N2O3. The van der Waals surface area contributed by atoms with Crippen LogP contribution in [0.25, 0.3) is 0 Å². The van der Waals surface area contributed by atoms with Crippen LogP contribution in [-0.2, 0) is 25.0 Å². The average Bonchev–Trinajstić information content (AvgIpc) is 3.85. The Morgan fingerprint density at radius 3 is 1.19 bits per heavy atom. The summed E-state index contributed by atoms with van der Waals surface area (Å²) in [5.41, 5.74) is 7.68. The van der Waals surface area contributed by atoms with E-state index in [0.29, 0.717) is 18.3 Å². The maximum atomic E-state index is 5.53. The summed E-state index contributed by atoms with van der Waals surface area (Å²) in [6.07, 6.45) is 3.54. The maximum absolute atomic E-state index is 5.53. The number of anilines is 2. The molecule has 3 fully saturated rings. The van der Waals surface area contributed by atoms with Crippen molar-refractivity contribution in [3.63, 3.8) is 0 Å². The second-order valence-electron chi connectivity index (χ2n) is 13.5. The van der Waals surface area contributed by atoms with Crippen molar-refractivity contribution < 1.29 is 14.2 Å². The van der Waals surface area contributed by atoms with Gasteiger partial charge in [-0.2, -0.15) is 0 Å². The van der Waals surface area contributed by atoms with E-state index < -0.39 is 0 Å². The molecule has 5 heteroatoms. The monoisotopic (exact) mass is 568 g/mol. The van der Waals surface area contributed by atoms with Crippen LogP contribution in [0.3, 0.4) is 0 Å². The number of unbranched alkanes of at least 4 members (excludes halogenated alkanes) is 1. The molecule has 3 heterocycles. The second-order valence-corrected chi connectivity index (χ2v) is 13.5. The highest BCUT2D eigenvalue weighted by Gasteiger charge is 2.32. The van der Waals surface area contributed by atoms with Gasteiger partial charge in [-0.15, -0.1) is 0 Å². The molecule has 0 saturated carbocycles. The summed E-state index contributed by atoms with van der Waals surface area (Å²) in [6.45, 7) is 18.2. The van der Waals surface area contributed by atoms with E-state index in [9.17, 15) is 0 Å². The van der Waals surface area contributed by atoms with Crippen LogP contribution in [0.15, 0.2) is 72.8 Å². The Balaban J connectivity index is 1.14. The van der Waals surface area contributed by atoms with Crippen LogP contribution in [0.5, 0.6) is 0 Å². The predicted octanol–water partition coefficient (Wildman–Crippen LogP) is 6.95. The standard InChI is InChI=1S/C37H48N2O3/c1-6-7-20-38(21-33-24-40-33)31-16-12-29(13-17-31)36(2,3)27-8-10-28(11-9-27)37(4,5)30-14-18-32(19-15-30)39(22-34-25-41-34)23-35-26-42-35/h8-19,33-35H,6-7,20-26H2,1-5H3. The maximum Gasteiger partial charge on any atom is 0.0984 e. The van der Waals surface area contributed by atoms with Crippen LogP contribution in [0.4, 0.5) is 11.4 Å². The third-order valence-corrected chi connectivity index (χ3v) is 9.50. The van der Waals surface area contributed by atoms with Gasteiger partial charge in [0.05, 0.1) is 38.1 Å². The van der Waals surface area contributed by atoms with E-state index in [4.69, 9.17) is 14.2 Å². The lowest BCUT2D eigenvalue weighted by Gasteiger charge is -2.31. The summed E-state index contributed by atoms with van der Waals surface area (Å²) < 4.78 is 16.6. The molecule has 0 aliphatic carbocycles. The average molecular weight is 569 g/mol. The number of hydrogen-bond acceptors (Lipinski definition) is 5. The van der Waals surface area contributed by atoms with Gasteiger partial charge in [0, 0.05) is 48.4 Å². The van der Waals surface area contributed by atoms with E-state index in [2.05, 4.69) is 117 Å². The number of hydrogen-bond donors (Lipinski definition) is 0. The molecule has 3 unspecified atom stereocenters. The van der Waals surface area contributed by atoms with Gasteiger partial charge in [0.25, 0.3) is 0 Å². The molecule has 3 aromatic rings. The Bertz CT molecular complexity index is 1290. The molecule has 0 aromatic heterocycles.